The van der Waals surface area contributed by atoms with Crippen molar-refractivity contribution in [2.75, 3.05) is 14.2 Å². The normalized spacial score (nSPS) is 8.91. The lowest BCUT2D eigenvalue weighted by molar-refractivity contribution is -0.159. The summed E-state index contributed by atoms with van der Waals surface area (Å²) in [7, 11) is 1.16. The van der Waals surface area contributed by atoms with E-state index in [0.717, 1.165) is 0 Å². The molecule has 0 spiro atoms. The summed E-state index contributed by atoms with van der Waals surface area (Å²) in [5, 5.41) is 8.04. The largest absolute Gasteiger partial charge is 0.715 e. The van der Waals surface area contributed by atoms with Crippen LogP contribution in [-0.4, -0.2) is 38.6 Å². The first-order valence-electron chi connectivity index (χ1n) is 2.61. The molecule has 1 N–H and O–H groups in total. The van der Waals surface area contributed by atoms with Crippen LogP contribution >= 0.6 is 0 Å². The fourth-order valence-electron chi connectivity index (χ4n) is 0.330. The summed E-state index contributed by atoms with van der Waals surface area (Å²) in [6.45, 7) is 0. The third kappa shape index (κ3) is 3.59. The molecule has 0 aliphatic carbocycles. The van der Waals surface area contributed by atoms with Crippen LogP contribution in [0.25, 0.3) is 0 Å². The number of carbonyl (C=O) groups is 2. The lowest BCUT2D eigenvalue weighted by atomic mass is 10.2. The van der Waals surface area contributed by atoms with E-state index in [4.69, 9.17) is 5.11 Å². The van der Waals surface area contributed by atoms with Crippen LogP contribution in [0, 0.1) is 0 Å². The van der Waals surface area contributed by atoms with Gasteiger partial charge in [0.05, 0.1) is 0 Å². The molecule has 0 bridgehead atoms. The molecule has 0 aromatic rings. The van der Waals surface area contributed by atoms with Crippen molar-refractivity contribution in [2.24, 2.45) is 0 Å². The highest BCUT2D eigenvalue weighted by molar-refractivity contribution is 6.44. The molecule has 0 aliphatic rings. The van der Waals surface area contributed by atoms with Crippen LogP contribution in [0.2, 0.25) is 0 Å². The Morgan fingerprint density at radius 1 is 1.27 bits per heavy atom. The van der Waals surface area contributed by atoms with E-state index in [9.17, 15) is 9.59 Å². The lowest BCUT2D eigenvalue weighted by Gasteiger charge is -2.05. The SMILES string of the molecule is COB(OC)OC(=O)C(=O)O. The van der Waals surface area contributed by atoms with Crippen LogP contribution in [0.15, 0.2) is 0 Å². The van der Waals surface area contributed by atoms with Crippen molar-refractivity contribution in [3.05, 3.63) is 0 Å². The molecule has 11 heavy (non-hydrogen) atoms. The zero-order valence-electron chi connectivity index (χ0n) is 6.07. The van der Waals surface area contributed by atoms with Crippen LogP contribution in [0.5, 0.6) is 0 Å². The second kappa shape index (κ2) is 4.70. The van der Waals surface area contributed by atoms with Gasteiger partial charge in [-0.05, 0) is 0 Å². The van der Waals surface area contributed by atoms with Gasteiger partial charge in [0.2, 0.25) is 0 Å². The molecular weight excluding hydrogens is 155 g/mol. The standard InChI is InChI=1S/C4H7BO6/c1-9-5(10-2)11-4(8)3(6)7/h1-2H3,(H,6,7). The summed E-state index contributed by atoms with van der Waals surface area (Å²) in [4.78, 5) is 20.2. The summed E-state index contributed by atoms with van der Waals surface area (Å²) in [5.74, 6) is -3.11. The molecule has 0 saturated carbocycles. The van der Waals surface area contributed by atoms with Gasteiger partial charge < -0.3 is 19.1 Å². The number of hydrogen-bond acceptors (Lipinski definition) is 5. The van der Waals surface area contributed by atoms with E-state index in [0.29, 0.717) is 0 Å². The Kier molecular flexibility index (Phi) is 4.24. The van der Waals surface area contributed by atoms with Gasteiger partial charge in [0.25, 0.3) is 0 Å². The average molecular weight is 162 g/mol. The lowest BCUT2D eigenvalue weighted by Crippen LogP contribution is -2.31. The predicted molar refractivity (Wildman–Crippen MR) is 33.5 cm³/mol. The maximum absolute atomic E-state index is 10.3. The van der Waals surface area contributed by atoms with Gasteiger partial charge in [0, 0.05) is 14.2 Å². The minimum Gasteiger partial charge on any atom is -0.476 e. The molecular formula is C4H7BO6. The van der Waals surface area contributed by atoms with E-state index in [-0.39, 0.29) is 0 Å². The first-order valence-corrected chi connectivity index (χ1v) is 2.61. The Hall–Kier alpha value is -1.08. The summed E-state index contributed by atoms with van der Waals surface area (Å²) in [6, 6.07) is 0. The highest BCUT2D eigenvalue weighted by atomic mass is 16.7. The molecule has 7 heteroatoms. The summed E-state index contributed by atoms with van der Waals surface area (Å²) >= 11 is 0. The molecule has 0 radical (unpaired) electrons. The molecule has 0 saturated heterocycles. The van der Waals surface area contributed by atoms with Crippen molar-refractivity contribution < 1.29 is 28.7 Å². The molecule has 0 aromatic heterocycles. The van der Waals surface area contributed by atoms with E-state index >= 15 is 0 Å². The van der Waals surface area contributed by atoms with Gasteiger partial charge in [-0.25, -0.2) is 9.59 Å². The maximum atomic E-state index is 10.3. The van der Waals surface area contributed by atoms with Gasteiger partial charge in [-0.2, -0.15) is 0 Å². The maximum Gasteiger partial charge on any atom is 0.715 e. The van der Waals surface area contributed by atoms with Crippen LogP contribution in [0.4, 0.5) is 0 Å². The Morgan fingerprint density at radius 2 is 1.73 bits per heavy atom. The predicted octanol–water partition coefficient (Wildman–Crippen LogP) is -1.11. The third-order valence-electron chi connectivity index (χ3n) is 0.763. The average Bonchev–Trinajstić information content (AvgIpc) is 1.99. The highest BCUT2D eigenvalue weighted by Gasteiger charge is 2.26. The van der Waals surface area contributed by atoms with Gasteiger partial charge in [0.1, 0.15) is 0 Å². The van der Waals surface area contributed by atoms with E-state index in [1.165, 1.54) is 14.2 Å². The summed E-state index contributed by atoms with van der Waals surface area (Å²) in [6.07, 6.45) is 0. The Labute approximate surface area is 63.2 Å². The number of aliphatic carboxylic acids is 1. The van der Waals surface area contributed by atoms with Gasteiger partial charge in [-0.1, -0.05) is 0 Å². The number of carboxylic acid groups (broad SMARTS) is 1. The summed E-state index contributed by atoms with van der Waals surface area (Å²) in [5.41, 5.74) is 0. The Morgan fingerprint density at radius 3 is 2.00 bits per heavy atom. The molecule has 0 amide bonds. The monoisotopic (exact) mass is 162 g/mol. The fourth-order valence-corrected chi connectivity index (χ4v) is 0.330. The van der Waals surface area contributed by atoms with E-state index in [2.05, 4.69) is 14.0 Å². The highest BCUT2D eigenvalue weighted by Crippen LogP contribution is 1.88. The summed E-state index contributed by atoms with van der Waals surface area (Å²) < 4.78 is 12.9. The van der Waals surface area contributed by atoms with Crippen molar-refractivity contribution in [2.45, 2.75) is 0 Å². The Bertz CT molecular complexity index is 153. The van der Waals surface area contributed by atoms with Crippen LogP contribution < -0.4 is 0 Å². The number of hydrogen-bond donors (Lipinski definition) is 1. The van der Waals surface area contributed by atoms with Crippen molar-refractivity contribution in [3.63, 3.8) is 0 Å². The topological polar surface area (TPSA) is 82.1 Å². The molecule has 6 nitrogen and oxygen atoms in total. The molecule has 0 aliphatic heterocycles. The second-order valence-corrected chi connectivity index (χ2v) is 1.47. The van der Waals surface area contributed by atoms with Crippen LogP contribution in [-0.2, 0) is 23.6 Å². The van der Waals surface area contributed by atoms with Crippen LogP contribution in [0.3, 0.4) is 0 Å². The first-order chi connectivity index (χ1) is 5.11. The molecule has 0 aromatic carbocycles. The smallest absolute Gasteiger partial charge is 0.476 e. The van der Waals surface area contributed by atoms with Crippen molar-refractivity contribution >= 4 is 19.3 Å². The molecule has 0 fully saturated rings. The fraction of sp³-hybridized carbons (Fsp3) is 0.500. The van der Waals surface area contributed by atoms with Crippen molar-refractivity contribution in [3.8, 4) is 0 Å². The zero-order valence-corrected chi connectivity index (χ0v) is 6.07. The van der Waals surface area contributed by atoms with Crippen LogP contribution in [0.1, 0.15) is 0 Å². The van der Waals surface area contributed by atoms with Gasteiger partial charge in [-0.15, -0.1) is 0 Å². The molecule has 0 unspecified atom stereocenters. The molecule has 0 heterocycles. The third-order valence-corrected chi connectivity index (χ3v) is 0.763. The van der Waals surface area contributed by atoms with Gasteiger partial charge in [0.15, 0.2) is 0 Å². The minimum atomic E-state index is -1.69. The molecule has 0 rings (SSSR count). The second-order valence-electron chi connectivity index (χ2n) is 1.47. The quantitative estimate of drug-likeness (QED) is 0.418. The number of rotatable bonds is 3. The van der Waals surface area contributed by atoms with E-state index in [1.54, 1.807) is 0 Å². The number of carbonyl (C=O) groups excluding carboxylic acids is 1. The molecule has 0 atom stereocenters. The van der Waals surface area contributed by atoms with Gasteiger partial charge >= 0.3 is 19.3 Å². The van der Waals surface area contributed by atoms with Crippen molar-refractivity contribution in [1.82, 2.24) is 0 Å². The molecule has 62 valence electrons. The van der Waals surface area contributed by atoms with Gasteiger partial charge in [-0.3, -0.25) is 0 Å². The minimum absolute atomic E-state index is 1.21. The van der Waals surface area contributed by atoms with E-state index in [1.807, 2.05) is 0 Å². The first kappa shape index (κ1) is 9.92. The zero-order chi connectivity index (χ0) is 8.85. The van der Waals surface area contributed by atoms with Crippen molar-refractivity contribution in [1.29, 1.82) is 0 Å². The van der Waals surface area contributed by atoms with E-state index < -0.39 is 19.3 Å². The Balaban J connectivity index is 3.81. The number of carboxylic acids is 1.